The van der Waals surface area contributed by atoms with Crippen molar-refractivity contribution in [2.45, 2.75) is 17.9 Å². The summed E-state index contributed by atoms with van der Waals surface area (Å²) in [6.07, 6.45) is 1.82. The summed E-state index contributed by atoms with van der Waals surface area (Å²) in [5.41, 5.74) is 2.36. The third kappa shape index (κ3) is 5.33. The van der Waals surface area contributed by atoms with Gasteiger partial charge in [0.25, 0.3) is 20.2 Å². The first kappa shape index (κ1) is 25.9. The molecular formula is C16H14ClCrN4O8S2+. The van der Waals surface area contributed by atoms with E-state index >= 15 is 0 Å². The van der Waals surface area contributed by atoms with Crippen LogP contribution in [-0.4, -0.2) is 59.9 Å². The maximum absolute atomic E-state index is 12.2. The van der Waals surface area contributed by atoms with Crippen LogP contribution in [0.15, 0.2) is 61.5 Å². The largest absolute Gasteiger partial charge is 0.446 e. The van der Waals surface area contributed by atoms with Gasteiger partial charge >= 0.3 is 5.91 Å². The number of amides is 1. The summed E-state index contributed by atoms with van der Waals surface area (Å²) in [6, 6.07) is 3.91. The minimum atomic E-state index is -4.84. The van der Waals surface area contributed by atoms with Crippen molar-refractivity contribution in [1.29, 1.82) is 0 Å². The number of hydrogen-bond acceptors (Lipinski definition) is 8. The van der Waals surface area contributed by atoms with Crippen molar-refractivity contribution >= 4 is 60.6 Å². The van der Waals surface area contributed by atoms with Gasteiger partial charge in [0, 0.05) is 22.4 Å². The second kappa shape index (κ2) is 9.24. The zero-order valence-electron chi connectivity index (χ0n) is 15.9. The van der Waals surface area contributed by atoms with Crippen molar-refractivity contribution in [1.82, 2.24) is 5.43 Å². The van der Waals surface area contributed by atoms with Gasteiger partial charge in [-0.05, 0) is 37.3 Å². The number of carbonyl (C=O) groups excluding carboxylic acids is 2. The van der Waals surface area contributed by atoms with Gasteiger partial charge in [0.1, 0.15) is 10.6 Å². The maximum atomic E-state index is 12.2. The molecule has 1 aromatic rings. The number of ketones is 1. The molecule has 1 aliphatic carbocycles. The van der Waals surface area contributed by atoms with E-state index in [0.29, 0.717) is 0 Å². The van der Waals surface area contributed by atoms with Crippen LogP contribution in [0, 0.1) is 0 Å². The zero-order valence-corrected chi connectivity index (χ0v) is 19.5. The van der Waals surface area contributed by atoms with Crippen molar-refractivity contribution < 1.29 is 52.9 Å². The molecule has 1 heterocycles. The van der Waals surface area contributed by atoms with Crippen LogP contribution in [0.1, 0.15) is 6.92 Å². The summed E-state index contributed by atoms with van der Waals surface area (Å²) in [5.74, 6) is -1.57. The van der Waals surface area contributed by atoms with Crippen LogP contribution in [0.25, 0.3) is 0 Å². The van der Waals surface area contributed by atoms with Gasteiger partial charge in [-0.25, -0.2) is 0 Å². The van der Waals surface area contributed by atoms with Crippen LogP contribution in [0.2, 0.25) is 0 Å². The average molecular weight is 542 g/mol. The van der Waals surface area contributed by atoms with Crippen LogP contribution in [0.5, 0.6) is 0 Å². The molecule has 1 amide bonds. The number of benzene rings is 1. The minimum Gasteiger partial charge on any atom is -0.286 e. The fourth-order valence-electron chi connectivity index (χ4n) is 2.66. The predicted molar refractivity (Wildman–Crippen MR) is 112 cm³/mol. The Morgan fingerprint density at radius 3 is 2.44 bits per heavy atom. The SMILES string of the molecule is CC1=NN(c2cccc(S(=O)(=O)O)c2)C(=[OH+])C1NN=C1C=C(Cl)C=C(S(=O)(=O)O)C1=O.[Cr]. The van der Waals surface area contributed by atoms with E-state index in [1.807, 2.05) is 0 Å². The number of halogens is 1. The quantitative estimate of drug-likeness (QED) is 0.207. The first-order chi connectivity index (χ1) is 14.3. The van der Waals surface area contributed by atoms with Crippen LogP contribution >= 0.6 is 11.6 Å². The molecule has 0 bridgehead atoms. The Balaban J connectivity index is 0.00000363. The number of nitrogens with zero attached hydrogens (tertiary/aromatic N) is 3. The van der Waals surface area contributed by atoms with Crippen LogP contribution in [0.4, 0.5) is 5.69 Å². The van der Waals surface area contributed by atoms with E-state index in [1.165, 1.54) is 19.1 Å². The topological polar surface area (TPSA) is 187 Å². The Kier molecular flexibility index (Phi) is 7.47. The van der Waals surface area contributed by atoms with E-state index in [9.17, 15) is 31.0 Å². The van der Waals surface area contributed by atoms with Crippen LogP contribution in [0.3, 0.4) is 0 Å². The van der Waals surface area contributed by atoms with Crippen LogP contribution in [-0.2, 0) is 42.4 Å². The number of allylic oxidation sites excluding steroid dienone is 4. The molecule has 2 aliphatic rings. The predicted octanol–water partition coefficient (Wildman–Crippen LogP) is 0.420. The van der Waals surface area contributed by atoms with Gasteiger partial charge in [0.05, 0.1) is 16.3 Å². The molecule has 4 N–H and O–H groups in total. The summed E-state index contributed by atoms with van der Waals surface area (Å²) in [4.78, 5) is 21.4. The molecule has 1 unspecified atom stereocenters. The molecule has 0 radical (unpaired) electrons. The van der Waals surface area contributed by atoms with E-state index in [-0.39, 0.29) is 33.8 Å². The third-order valence-corrected chi connectivity index (χ3v) is 6.03. The molecule has 32 heavy (non-hydrogen) atoms. The second-order valence-electron chi connectivity index (χ2n) is 6.28. The molecule has 0 aromatic heterocycles. The molecule has 1 aliphatic heterocycles. The summed E-state index contributed by atoms with van der Waals surface area (Å²) in [7, 11) is -9.33. The molecule has 170 valence electrons. The van der Waals surface area contributed by atoms with Gasteiger partial charge in [-0.1, -0.05) is 17.7 Å². The molecule has 1 aromatic carbocycles. The monoisotopic (exact) mass is 541 g/mol. The summed E-state index contributed by atoms with van der Waals surface area (Å²) >= 11 is 5.78. The number of rotatable bonds is 5. The molecule has 3 rings (SSSR count). The Bertz CT molecular complexity index is 1340. The second-order valence-corrected chi connectivity index (χ2v) is 9.53. The summed E-state index contributed by atoms with van der Waals surface area (Å²) in [6.45, 7) is 1.50. The fourth-order valence-corrected chi connectivity index (χ4v) is 4.07. The Hall–Kier alpha value is -2.38. The number of carbonyl (C=O) groups is 1. The van der Waals surface area contributed by atoms with E-state index in [1.54, 1.807) is 0 Å². The first-order valence-corrected chi connectivity index (χ1v) is 11.5. The van der Waals surface area contributed by atoms with Gasteiger partial charge in [0.15, 0.2) is 0 Å². The van der Waals surface area contributed by atoms with Gasteiger partial charge in [-0.2, -0.15) is 32.0 Å². The molecule has 1 atom stereocenters. The van der Waals surface area contributed by atoms with Gasteiger partial charge in [-0.15, -0.1) is 0 Å². The molecule has 0 fully saturated rings. The Morgan fingerprint density at radius 2 is 1.84 bits per heavy atom. The normalized spacial score (nSPS) is 20.5. The van der Waals surface area contributed by atoms with E-state index in [4.69, 9.17) is 16.2 Å². The van der Waals surface area contributed by atoms with E-state index < -0.39 is 53.5 Å². The van der Waals surface area contributed by atoms with Crippen molar-refractivity contribution in [2.24, 2.45) is 10.2 Å². The minimum absolute atomic E-state index is 0. The molecule has 16 heteroatoms. The first-order valence-electron chi connectivity index (χ1n) is 8.22. The zero-order chi connectivity index (χ0) is 23.1. The van der Waals surface area contributed by atoms with E-state index in [0.717, 1.165) is 29.3 Å². The Morgan fingerprint density at radius 1 is 1.19 bits per heavy atom. The van der Waals surface area contributed by atoms with Crippen molar-refractivity contribution in [3.63, 3.8) is 0 Å². The van der Waals surface area contributed by atoms with Gasteiger partial charge in [-0.3, -0.25) is 24.1 Å². The maximum Gasteiger partial charge on any atom is 0.446 e. The van der Waals surface area contributed by atoms with Crippen LogP contribution < -0.4 is 10.4 Å². The number of anilines is 1. The van der Waals surface area contributed by atoms with Crippen molar-refractivity contribution in [2.75, 3.05) is 5.01 Å². The van der Waals surface area contributed by atoms with Gasteiger partial charge < -0.3 is 0 Å². The standard InChI is InChI=1S/C16H13ClN4O8S2.Cr/c1-8-14(19-18-12-5-9(17)6-13(15(12)22)31(27,28)29)16(23)21(20-8)10-3-2-4-11(7-10)30(24,25)26;/h2-7,14,19H,1H3,(H,24,25,26)(H,27,28,29);/p+1. The molecule has 0 saturated heterocycles. The average Bonchev–Trinajstić information content (AvgIpc) is 2.94. The molecular weight excluding hydrogens is 528 g/mol. The van der Waals surface area contributed by atoms with Crippen molar-refractivity contribution in [3.05, 3.63) is 46.4 Å². The number of hydrazone groups is 2. The van der Waals surface area contributed by atoms with Crippen molar-refractivity contribution in [3.8, 4) is 0 Å². The third-order valence-electron chi connectivity index (χ3n) is 4.10. The number of nitrogens with one attached hydrogen (secondary N) is 1. The smallest absolute Gasteiger partial charge is 0.286 e. The molecule has 0 saturated carbocycles. The molecule has 12 nitrogen and oxygen atoms in total. The number of Topliss-reactive ketones (excluding diaryl/α,β-unsaturated/α-hetero) is 1. The Labute approximate surface area is 197 Å². The number of hydrogen-bond donors (Lipinski definition) is 3. The summed E-state index contributed by atoms with van der Waals surface area (Å²) < 4.78 is 63.6. The summed E-state index contributed by atoms with van der Waals surface area (Å²) in [5, 5.41) is 8.64. The fraction of sp³-hybridized carbons (Fsp3) is 0.125. The molecule has 0 spiro atoms. The van der Waals surface area contributed by atoms with Gasteiger partial charge in [0.2, 0.25) is 11.8 Å². The van der Waals surface area contributed by atoms with E-state index in [2.05, 4.69) is 15.6 Å².